The van der Waals surface area contributed by atoms with Gasteiger partial charge in [0.15, 0.2) is 0 Å². The Kier molecular flexibility index (Phi) is 3.49. The number of primary amides is 1. The highest BCUT2D eigenvalue weighted by molar-refractivity contribution is 7.89. The van der Waals surface area contributed by atoms with Gasteiger partial charge in [-0.25, -0.2) is 17.5 Å². The minimum Gasteiger partial charge on any atom is -0.366 e. The number of sulfonamides is 1. The summed E-state index contributed by atoms with van der Waals surface area (Å²) in [5, 5.41) is 0. The smallest absolute Gasteiger partial charge is 0.248 e. The summed E-state index contributed by atoms with van der Waals surface area (Å²) in [4.78, 5) is 11.4. The summed E-state index contributed by atoms with van der Waals surface area (Å²) in [6.45, 7) is 0. The van der Waals surface area contributed by atoms with Crippen molar-refractivity contribution in [2.75, 3.05) is 5.75 Å². The average Bonchev–Trinajstić information content (AvgIpc) is 3.08. The third kappa shape index (κ3) is 2.94. The first-order valence-corrected chi connectivity index (χ1v) is 8.63. The van der Waals surface area contributed by atoms with Crippen LogP contribution in [0.1, 0.15) is 46.8 Å². The normalized spacial score (nSPS) is 21.3. The molecule has 1 aromatic carbocycles. The molecule has 1 amide bonds. The molecule has 0 aromatic heterocycles. The highest BCUT2D eigenvalue weighted by atomic mass is 32.2. The van der Waals surface area contributed by atoms with E-state index in [1.807, 2.05) is 0 Å². The van der Waals surface area contributed by atoms with Crippen LogP contribution in [0.2, 0.25) is 0 Å². The SMILES string of the molecule is NC(=O)c1ccc(F)c2c1CCC2NS(=O)(=O)CC1CC1. The van der Waals surface area contributed by atoms with Crippen LogP contribution in [0.4, 0.5) is 4.39 Å². The first-order valence-electron chi connectivity index (χ1n) is 6.98. The molecule has 3 rings (SSSR count). The summed E-state index contributed by atoms with van der Waals surface area (Å²) in [5.41, 5.74) is 6.36. The molecule has 21 heavy (non-hydrogen) atoms. The van der Waals surface area contributed by atoms with Crippen molar-refractivity contribution in [1.29, 1.82) is 0 Å². The van der Waals surface area contributed by atoms with Crippen LogP contribution in [-0.4, -0.2) is 20.1 Å². The number of hydrogen-bond donors (Lipinski definition) is 2. The molecule has 1 saturated carbocycles. The standard InChI is InChI=1S/C14H17FN2O3S/c15-11-5-3-10(14(16)18)9-4-6-12(13(9)11)17-21(19,20)7-8-1-2-8/h3,5,8,12,17H,1-2,4,6-7H2,(H2,16,18). The number of amides is 1. The van der Waals surface area contributed by atoms with Gasteiger partial charge in [0.05, 0.1) is 11.8 Å². The second kappa shape index (κ2) is 5.06. The number of nitrogens with two attached hydrogens (primary N) is 1. The first kappa shape index (κ1) is 14.5. The fourth-order valence-electron chi connectivity index (χ4n) is 2.92. The average molecular weight is 312 g/mol. The van der Waals surface area contributed by atoms with E-state index in [4.69, 9.17) is 5.73 Å². The maximum Gasteiger partial charge on any atom is 0.248 e. The minimum absolute atomic E-state index is 0.0932. The maximum absolute atomic E-state index is 14.0. The molecule has 1 atom stereocenters. The summed E-state index contributed by atoms with van der Waals surface area (Å²) in [6, 6.07) is 1.92. The topological polar surface area (TPSA) is 89.3 Å². The van der Waals surface area contributed by atoms with E-state index >= 15 is 0 Å². The minimum atomic E-state index is -3.43. The third-order valence-corrected chi connectivity index (χ3v) is 5.63. The van der Waals surface area contributed by atoms with Gasteiger partial charge in [-0.05, 0) is 49.3 Å². The fourth-order valence-corrected chi connectivity index (χ4v) is 4.64. The number of carbonyl (C=O) groups is 1. The quantitative estimate of drug-likeness (QED) is 0.857. The Morgan fingerprint density at radius 1 is 1.33 bits per heavy atom. The van der Waals surface area contributed by atoms with Gasteiger partial charge >= 0.3 is 0 Å². The van der Waals surface area contributed by atoms with E-state index in [1.165, 1.54) is 12.1 Å². The highest BCUT2D eigenvalue weighted by Gasteiger charge is 2.34. The zero-order valence-corrected chi connectivity index (χ0v) is 12.2. The van der Waals surface area contributed by atoms with Crippen molar-refractivity contribution >= 4 is 15.9 Å². The molecule has 0 saturated heterocycles. The predicted octanol–water partition coefficient (Wildman–Crippen LogP) is 1.24. The molecule has 0 aliphatic heterocycles. The third-order valence-electron chi connectivity index (χ3n) is 4.07. The number of benzene rings is 1. The van der Waals surface area contributed by atoms with Crippen molar-refractivity contribution in [3.05, 3.63) is 34.6 Å². The molecule has 0 heterocycles. The first-order chi connectivity index (χ1) is 9.87. The highest BCUT2D eigenvalue weighted by Crippen LogP contribution is 2.37. The van der Waals surface area contributed by atoms with E-state index < -0.39 is 27.8 Å². The fraction of sp³-hybridized carbons (Fsp3) is 0.500. The van der Waals surface area contributed by atoms with Gasteiger partial charge in [0.2, 0.25) is 15.9 Å². The maximum atomic E-state index is 14.0. The van der Waals surface area contributed by atoms with Gasteiger partial charge in [0.1, 0.15) is 5.82 Å². The number of hydrogen-bond acceptors (Lipinski definition) is 3. The molecule has 1 aromatic rings. The Bertz CT molecular complexity index is 698. The van der Waals surface area contributed by atoms with Crippen LogP contribution >= 0.6 is 0 Å². The molecule has 1 fully saturated rings. The zero-order chi connectivity index (χ0) is 15.2. The van der Waals surface area contributed by atoms with Gasteiger partial charge in [-0.15, -0.1) is 0 Å². The van der Waals surface area contributed by atoms with E-state index in [0.29, 0.717) is 18.4 Å². The number of rotatable bonds is 5. The van der Waals surface area contributed by atoms with Crippen LogP contribution in [0.3, 0.4) is 0 Å². The summed E-state index contributed by atoms with van der Waals surface area (Å²) in [5.74, 6) is -0.791. The summed E-state index contributed by atoms with van der Waals surface area (Å²) in [7, 11) is -3.43. The monoisotopic (exact) mass is 312 g/mol. The van der Waals surface area contributed by atoms with Crippen molar-refractivity contribution in [3.8, 4) is 0 Å². The predicted molar refractivity (Wildman–Crippen MR) is 75.6 cm³/mol. The Hall–Kier alpha value is -1.47. The Morgan fingerprint density at radius 3 is 2.67 bits per heavy atom. The number of nitrogens with one attached hydrogen (secondary N) is 1. The zero-order valence-electron chi connectivity index (χ0n) is 11.4. The Labute approximate surface area is 122 Å². The number of carbonyl (C=O) groups excluding carboxylic acids is 1. The van der Waals surface area contributed by atoms with Crippen molar-refractivity contribution in [3.63, 3.8) is 0 Å². The van der Waals surface area contributed by atoms with Gasteiger partial charge in [0.25, 0.3) is 0 Å². The van der Waals surface area contributed by atoms with Gasteiger partial charge in [-0.3, -0.25) is 4.79 Å². The lowest BCUT2D eigenvalue weighted by molar-refractivity contribution is 0.0999. The van der Waals surface area contributed by atoms with Gasteiger partial charge in [-0.2, -0.15) is 0 Å². The van der Waals surface area contributed by atoms with E-state index in [0.717, 1.165) is 12.8 Å². The van der Waals surface area contributed by atoms with Crippen LogP contribution in [-0.2, 0) is 16.4 Å². The molecule has 0 radical (unpaired) electrons. The van der Waals surface area contributed by atoms with Crippen molar-refractivity contribution in [1.82, 2.24) is 4.72 Å². The van der Waals surface area contributed by atoms with Crippen LogP contribution in [0.15, 0.2) is 12.1 Å². The molecule has 1 unspecified atom stereocenters. The van der Waals surface area contributed by atoms with Crippen LogP contribution in [0.25, 0.3) is 0 Å². The summed E-state index contributed by atoms with van der Waals surface area (Å²) < 4.78 is 40.7. The Balaban J connectivity index is 1.89. The largest absolute Gasteiger partial charge is 0.366 e. The second-order valence-corrected chi connectivity index (χ2v) is 7.58. The van der Waals surface area contributed by atoms with Gasteiger partial charge < -0.3 is 5.73 Å². The van der Waals surface area contributed by atoms with E-state index in [2.05, 4.69) is 4.72 Å². The summed E-state index contributed by atoms with van der Waals surface area (Å²) >= 11 is 0. The van der Waals surface area contributed by atoms with Crippen LogP contribution in [0.5, 0.6) is 0 Å². The number of halogens is 1. The molecule has 0 spiro atoms. The number of fused-ring (bicyclic) bond motifs is 1. The van der Waals surface area contributed by atoms with Gasteiger partial charge in [0, 0.05) is 11.1 Å². The van der Waals surface area contributed by atoms with Crippen LogP contribution < -0.4 is 10.5 Å². The van der Waals surface area contributed by atoms with Crippen molar-refractivity contribution in [2.45, 2.75) is 31.7 Å². The van der Waals surface area contributed by atoms with E-state index in [9.17, 15) is 17.6 Å². The lowest BCUT2D eigenvalue weighted by atomic mass is 10.0. The second-order valence-electron chi connectivity index (χ2n) is 5.79. The lowest BCUT2D eigenvalue weighted by Gasteiger charge is -2.15. The lowest BCUT2D eigenvalue weighted by Crippen LogP contribution is -2.30. The summed E-state index contributed by atoms with van der Waals surface area (Å²) in [6.07, 6.45) is 2.76. The van der Waals surface area contributed by atoms with E-state index in [-0.39, 0.29) is 22.8 Å². The molecule has 3 N–H and O–H groups in total. The molecule has 5 nitrogen and oxygen atoms in total. The Morgan fingerprint density at radius 2 is 2.05 bits per heavy atom. The molecular weight excluding hydrogens is 295 g/mol. The van der Waals surface area contributed by atoms with Gasteiger partial charge in [-0.1, -0.05) is 0 Å². The molecular formula is C14H17FN2O3S. The molecule has 2 aliphatic rings. The molecule has 2 aliphatic carbocycles. The van der Waals surface area contributed by atoms with Crippen LogP contribution in [0, 0.1) is 11.7 Å². The van der Waals surface area contributed by atoms with Crippen molar-refractivity contribution in [2.24, 2.45) is 11.7 Å². The molecule has 7 heteroatoms. The van der Waals surface area contributed by atoms with E-state index in [1.54, 1.807) is 0 Å². The molecule has 0 bridgehead atoms. The molecule has 114 valence electrons. The van der Waals surface area contributed by atoms with Crippen molar-refractivity contribution < 1.29 is 17.6 Å².